The molecule has 0 heterocycles. The van der Waals surface area contributed by atoms with Crippen LogP contribution in [0.2, 0.25) is 0 Å². The van der Waals surface area contributed by atoms with Crippen LogP contribution in [0.4, 0.5) is 0 Å². The van der Waals surface area contributed by atoms with Gasteiger partial charge in [-0.1, -0.05) is 30.3 Å². The van der Waals surface area contributed by atoms with E-state index in [0.717, 1.165) is 18.6 Å². The van der Waals surface area contributed by atoms with E-state index in [0.29, 0.717) is 5.75 Å². The first-order chi connectivity index (χ1) is 7.33. The maximum Gasteiger partial charge on any atom is 0.0861 e. The average molecular weight is 226 g/mol. The first-order valence-electron chi connectivity index (χ1n) is 5.23. The predicted octanol–water partition coefficient (Wildman–Crippen LogP) is 1.71. The lowest BCUT2D eigenvalue weighted by Gasteiger charge is -2.06. The van der Waals surface area contributed by atoms with Gasteiger partial charge in [-0.15, -0.1) is 0 Å². The van der Waals surface area contributed by atoms with Crippen molar-refractivity contribution < 1.29 is 10.2 Å². The lowest BCUT2D eigenvalue weighted by atomic mass is 10.1. The van der Waals surface area contributed by atoms with Crippen molar-refractivity contribution in [1.82, 2.24) is 0 Å². The fourth-order valence-electron chi connectivity index (χ4n) is 1.30. The minimum absolute atomic E-state index is 0.133. The Morgan fingerprint density at radius 3 is 2.60 bits per heavy atom. The molecule has 1 unspecified atom stereocenters. The summed E-state index contributed by atoms with van der Waals surface area (Å²) < 4.78 is 0. The molecule has 1 atom stereocenters. The lowest BCUT2D eigenvalue weighted by Crippen LogP contribution is -2.14. The smallest absolute Gasteiger partial charge is 0.0861 e. The van der Waals surface area contributed by atoms with Crippen molar-refractivity contribution >= 4 is 11.8 Å². The summed E-state index contributed by atoms with van der Waals surface area (Å²) >= 11 is 1.70. The topological polar surface area (TPSA) is 40.5 Å². The normalized spacial score (nSPS) is 12.7. The van der Waals surface area contributed by atoms with Gasteiger partial charge in [0.2, 0.25) is 0 Å². The average Bonchev–Trinajstić information content (AvgIpc) is 2.29. The second kappa shape index (κ2) is 7.74. The van der Waals surface area contributed by atoms with Gasteiger partial charge in [0, 0.05) is 5.75 Å². The van der Waals surface area contributed by atoms with Crippen LogP contribution in [-0.4, -0.2) is 34.4 Å². The van der Waals surface area contributed by atoms with Gasteiger partial charge in [-0.3, -0.25) is 0 Å². The zero-order valence-electron chi connectivity index (χ0n) is 8.80. The Bertz CT molecular complexity index is 251. The van der Waals surface area contributed by atoms with E-state index >= 15 is 0 Å². The van der Waals surface area contributed by atoms with Crippen LogP contribution in [0.1, 0.15) is 12.0 Å². The molecule has 2 N–H and O–H groups in total. The quantitative estimate of drug-likeness (QED) is 0.695. The molecule has 2 nitrogen and oxygen atoms in total. The number of hydrogen-bond acceptors (Lipinski definition) is 3. The first kappa shape index (κ1) is 12.6. The number of rotatable bonds is 7. The van der Waals surface area contributed by atoms with Crippen LogP contribution >= 0.6 is 11.8 Å². The highest BCUT2D eigenvalue weighted by Gasteiger charge is 2.00. The van der Waals surface area contributed by atoms with Gasteiger partial charge in [0.1, 0.15) is 0 Å². The molecule has 1 rings (SSSR count). The third-order valence-electron chi connectivity index (χ3n) is 2.12. The maximum atomic E-state index is 9.10. The standard InChI is InChI=1S/C12H18O2S/c13-9-12(14)10-15-8-4-7-11-5-2-1-3-6-11/h1-3,5-6,12-14H,4,7-10H2. The van der Waals surface area contributed by atoms with Gasteiger partial charge < -0.3 is 10.2 Å². The highest BCUT2D eigenvalue weighted by Crippen LogP contribution is 2.08. The summed E-state index contributed by atoms with van der Waals surface area (Å²) in [5.74, 6) is 1.66. The van der Waals surface area contributed by atoms with Crippen molar-refractivity contribution in [2.45, 2.75) is 18.9 Å². The molecule has 0 saturated carbocycles. The zero-order valence-corrected chi connectivity index (χ0v) is 9.62. The third kappa shape index (κ3) is 5.82. The Kier molecular flexibility index (Phi) is 6.48. The lowest BCUT2D eigenvalue weighted by molar-refractivity contribution is 0.113. The van der Waals surface area contributed by atoms with Gasteiger partial charge in [-0.05, 0) is 24.2 Å². The largest absolute Gasteiger partial charge is 0.394 e. The summed E-state index contributed by atoms with van der Waals surface area (Å²) in [6.07, 6.45) is 1.64. The number of hydrogen-bond donors (Lipinski definition) is 2. The predicted molar refractivity (Wildman–Crippen MR) is 65.2 cm³/mol. The summed E-state index contributed by atoms with van der Waals surface area (Å²) in [5.41, 5.74) is 1.36. The van der Waals surface area contributed by atoms with Crippen molar-refractivity contribution in [2.24, 2.45) is 0 Å². The second-order valence-corrected chi connectivity index (χ2v) is 4.65. The fourth-order valence-corrected chi connectivity index (χ4v) is 2.19. The van der Waals surface area contributed by atoms with Gasteiger partial charge in [-0.2, -0.15) is 11.8 Å². The molecule has 15 heavy (non-hydrogen) atoms. The molecule has 84 valence electrons. The number of aryl methyl sites for hydroxylation is 1. The fraction of sp³-hybridized carbons (Fsp3) is 0.500. The summed E-state index contributed by atoms with van der Waals surface area (Å²) in [6.45, 7) is -0.133. The van der Waals surface area contributed by atoms with Crippen LogP contribution in [0.5, 0.6) is 0 Å². The minimum atomic E-state index is -0.563. The Morgan fingerprint density at radius 1 is 1.20 bits per heavy atom. The molecule has 0 amide bonds. The van der Waals surface area contributed by atoms with E-state index in [1.54, 1.807) is 11.8 Å². The first-order valence-corrected chi connectivity index (χ1v) is 6.39. The monoisotopic (exact) mass is 226 g/mol. The van der Waals surface area contributed by atoms with E-state index in [4.69, 9.17) is 10.2 Å². The Morgan fingerprint density at radius 2 is 1.93 bits per heavy atom. The van der Waals surface area contributed by atoms with Crippen LogP contribution in [0.15, 0.2) is 30.3 Å². The van der Waals surface area contributed by atoms with E-state index in [1.165, 1.54) is 5.56 Å². The van der Waals surface area contributed by atoms with E-state index in [-0.39, 0.29) is 6.61 Å². The van der Waals surface area contributed by atoms with Crippen LogP contribution in [0, 0.1) is 0 Å². The number of aliphatic hydroxyl groups excluding tert-OH is 2. The summed E-state index contributed by atoms with van der Waals surface area (Å²) in [4.78, 5) is 0. The molecule has 0 aliphatic heterocycles. The highest BCUT2D eigenvalue weighted by molar-refractivity contribution is 7.99. The van der Waals surface area contributed by atoms with Gasteiger partial charge >= 0.3 is 0 Å². The second-order valence-electron chi connectivity index (χ2n) is 3.50. The van der Waals surface area contributed by atoms with Gasteiger partial charge in [0.15, 0.2) is 0 Å². The molecule has 1 aromatic carbocycles. The highest BCUT2D eigenvalue weighted by atomic mass is 32.2. The molecule has 0 aromatic heterocycles. The third-order valence-corrected chi connectivity index (χ3v) is 3.32. The molecule has 0 spiro atoms. The molecule has 0 radical (unpaired) electrons. The zero-order chi connectivity index (χ0) is 10.9. The van der Waals surface area contributed by atoms with Crippen LogP contribution in [0.3, 0.4) is 0 Å². The van der Waals surface area contributed by atoms with Crippen molar-refractivity contribution in [3.05, 3.63) is 35.9 Å². The van der Waals surface area contributed by atoms with E-state index < -0.39 is 6.10 Å². The van der Waals surface area contributed by atoms with E-state index in [2.05, 4.69) is 24.3 Å². The molecule has 0 fully saturated rings. The molecular formula is C12H18O2S. The molecule has 0 saturated heterocycles. The number of aliphatic hydroxyl groups is 2. The van der Waals surface area contributed by atoms with E-state index in [1.807, 2.05) is 6.07 Å². The molecule has 1 aromatic rings. The van der Waals surface area contributed by atoms with Crippen molar-refractivity contribution in [3.63, 3.8) is 0 Å². The van der Waals surface area contributed by atoms with Gasteiger partial charge in [0.25, 0.3) is 0 Å². The van der Waals surface area contributed by atoms with Crippen LogP contribution < -0.4 is 0 Å². The molecule has 0 bridgehead atoms. The summed E-state index contributed by atoms with van der Waals surface area (Å²) in [5, 5.41) is 17.7. The van der Waals surface area contributed by atoms with Crippen molar-refractivity contribution in [1.29, 1.82) is 0 Å². The summed E-state index contributed by atoms with van der Waals surface area (Å²) in [6, 6.07) is 10.4. The van der Waals surface area contributed by atoms with Crippen molar-refractivity contribution in [3.8, 4) is 0 Å². The molecule has 3 heteroatoms. The molecule has 0 aliphatic carbocycles. The van der Waals surface area contributed by atoms with Crippen LogP contribution in [-0.2, 0) is 6.42 Å². The summed E-state index contributed by atoms with van der Waals surface area (Å²) in [7, 11) is 0. The Labute approximate surface area is 95.3 Å². The van der Waals surface area contributed by atoms with E-state index in [9.17, 15) is 0 Å². The van der Waals surface area contributed by atoms with Crippen LogP contribution in [0.25, 0.3) is 0 Å². The van der Waals surface area contributed by atoms with Crippen molar-refractivity contribution in [2.75, 3.05) is 18.1 Å². The Hall–Kier alpha value is -0.510. The van der Waals surface area contributed by atoms with Gasteiger partial charge in [-0.25, -0.2) is 0 Å². The Balaban J connectivity index is 2.03. The molecular weight excluding hydrogens is 208 g/mol. The maximum absolute atomic E-state index is 9.10. The minimum Gasteiger partial charge on any atom is -0.394 e. The number of benzene rings is 1. The molecule has 0 aliphatic rings. The SMILES string of the molecule is OCC(O)CSCCCc1ccccc1. The van der Waals surface area contributed by atoms with Gasteiger partial charge in [0.05, 0.1) is 12.7 Å². The number of thioether (sulfide) groups is 1.